The Morgan fingerprint density at radius 3 is 2.44 bits per heavy atom. The van der Waals surface area contributed by atoms with E-state index in [1.165, 1.54) is 0 Å². The van der Waals surface area contributed by atoms with Crippen LogP contribution in [0.3, 0.4) is 0 Å². The van der Waals surface area contributed by atoms with E-state index in [1.807, 2.05) is 18.2 Å². The Morgan fingerprint density at radius 1 is 1.08 bits per heavy atom. The molecule has 5 heteroatoms. The number of rotatable bonds is 7. The van der Waals surface area contributed by atoms with Crippen LogP contribution >= 0.6 is 34.2 Å². The van der Waals surface area contributed by atoms with E-state index in [0.29, 0.717) is 18.8 Å². The van der Waals surface area contributed by atoms with Crippen LogP contribution in [-0.4, -0.2) is 5.97 Å². The molecule has 0 aliphatic rings. The van der Waals surface area contributed by atoms with Gasteiger partial charge in [-0.3, -0.25) is 4.79 Å². The van der Waals surface area contributed by atoms with Crippen molar-refractivity contribution in [3.05, 3.63) is 55.6 Å². The Balaban J connectivity index is 2.27. The first-order valence-corrected chi connectivity index (χ1v) is 9.87. The number of carbonyl (C=O) groups is 1. The van der Waals surface area contributed by atoms with Crippen LogP contribution in [0, 0.1) is 3.57 Å². The summed E-state index contributed by atoms with van der Waals surface area (Å²) in [5.41, 5.74) is 3.11. The molecule has 0 aliphatic carbocycles. The second-order valence-electron chi connectivity index (χ2n) is 5.59. The highest BCUT2D eigenvalue weighted by molar-refractivity contribution is 14.1. The molecule has 0 fully saturated rings. The van der Waals surface area contributed by atoms with Crippen LogP contribution in [0.1, 0.15) is 43.9 Å². The van der Waals surface area contributed by atoms with E-state index in [-0.39, 0.29) is 5.97 Å². The Labute approximate surface area is 167 Å². The molecule has 0 spiro atoms. The quantitative estimate of drug-likeness (QED) is 0.283. The predicted molar refractivity (Wildman–Crippen MR) is 110 cm³/mol. The largest absolute Gasteiger partial charge is 0.488 e. The monoisotopic (exact) mass is 472 g/mol. The highest BCUT2D eigenvalue weighted by Crippen LogP contribution is 2.31. The zero-order valence-electron chi connectivity index (χ0n) is 14.7. The molecule has 0 radical (unpaired) electrons. The van der Waals surface area contributed by atoms with Gasteiger partial charge in [0.2, 0.25) is 0 Å². The molecule has 0 saturated carbocycles. The van der Waals surface area contributed by atoms with E-state index >= 15 is 0 Å². The van der Waals surface area contributed by atoms with Gasteiger partial charge in [0.25, 0.3) is 0 Å². The minimum absolute atomic E-state index is 0.257. The first-order chi connectivity index (χ1) is 12.0. The minimum Gasteiger partial charge on any atom is -0.488 e. The number of hydrogen-bond acceptors (Lipinski definition) is 3. The summed E-state index contributed by atoms with van der Waals surface area (Å²) in [5.74, 6) is 1.07. The fraction of sp³-hybridized carbons (Fsp3) is 0.350. The van der Waals surface area contributed by atoms with E-state index in [0.717, 1.165) is 43.9 Å². The van der Waals surface area contributed by atoms with Gasteiger partial charge in [0.15, 0.2) is 0 Å². The van der Waals surface area contributed by atoms with E-state index < -0.39 is 0 Å². The van der Waals surface area contributed by atoms with Crippen LogP contribution in [0.2, 0.25) is 5.02 Å². The maximum absolute atomic E-state index is 11.7. The summed E-state index contributed by atoms with van der Waals surface area (Å²) in [5, 5.41) is 0.718. The van der Waals surface area contributed by atoms with Gasteiger partial charge in [-0.15, -0.1) is 0 Å². The Kier molecular flexibility index (Phi) is 7.56. The second kappa shape index (κ2) is 9.43. The molecule has 25 heavy (non-hydrogen) atoms. The van der Waals surface area contributed by atoms with Gasteiger partial charge < -0.3 is 9.47 Å². The SMILES string of the molecule is CCC(=O)Oc1cccc(I)c1COc1cc(Cl)c(CC)cc1CC. The third-order valence-corrected chi connectivity index (χ3v) is 5.31. The summed E-state index contributed by atoms with van der Waals surface area (Å²) < 4.78 is 12.5. The van der Waals surface area contributed by atoms with Gasteiger partial charge in [-0.2, -0.15) is 0 Å². The minimum atomic E-state index is -0.257. The maximum atomic E-state index is 11.7. The van der Waals surface area contributed by atoms with Crippen molar-refractivity contribution in [2.24, 2.45) is 0 Å². The van der Waals surface area contributed by atoms with Crippen LogP contribution in [0.4, 0.5) is 0 Å². The molecule has 0 aliphatic heterocycles. The van der Waals surface area contributed by atoms with Crippen molar-refractivity contribution in [1.29, 1.82) is 0 Å². The van der Waals surface area contributed by atoms with Crippen molar-refractivity contribution in [3.63, 3.8) is 0 Å². The molecular weight excluding hydrogens is 451 g/mol. The summed E-state index contributed by atoms with van der Waals surface area (Å²) in [4.78, 5) is 11.7. The van der Waals surface area contributed by atoms with E-state index in [2.05, 4.69) is 42.5 Å². The third-order valence-electron chi connectivity index (χ3n) is 3.95. The lowest BCUT2D eigenvalue weighted by atomic mass is 10.1. The number of esters is 1. The van der Waals surface area contributed by atoms with Crippen LogP contribution in [-0.2, 0) is 24.2 Å². The third kappa shape index (κ3) is 5.11. The van der Waals surface area contributed by atoms with Gasteiger partial charge in [0.1, 0.15) is 18.1 Å². The zero-order valence-corrected chi connectivity index (χ0v) is 17.6. The molecule has 0 aromatic heterocycles. The van der Waals surface area contributed by atoms with Gasteiger partial charge in [0, 0.05) is 20.6 Å². The smallest absolute Gasteiger partial charge is 0.310 e. The standard InChI is InChI=1S/C20H22ClIO3/c1-4-13-10-14(5-2)19(11-16(13)21)24-12-15-17(22)8-7-9-18(15)25-20(23)6-3/h7-11H,4-6,12H2,1-3H3. The van der Waals surface area contributed by atoms with Crippen molar-refractivity contribution in [1.82, 2.24) is 0 Å². The fourth-order valence-electron chi connectivity index (χ4n) is 2.45. The van der Waals surface area contributed by atoms with Gasteiger partial charge in [-0.1, -0.05) is 44.5 Å². The molecule has 0 heterocycles. The van der Waals surface area contributed by atoms with Crippen LogP contribution < -0.4 is 9.47 Å². The van der Waals surface area contributed by atoms with E-state index in [4.69, 9.17) is 21.1 Å². The summed E-state index contributed by atoms with van der Waals surface area (Å²) >= 11 is 8.57. The first kappa shape index (κ1) is 20.0. The van der Waals surface area contributed by atoms with Crippen LogP contribution in [0.15, 0.2) is 30.3 Å². The van der Waals surface area contributed by atoms with Crippen molar-refractivity contribution in [2.75, 3.05) is 0 Å². The predicted octanol–water partition coefficient (Wildman–Crippen LogP) is 5.96. The molecular formula is C20H22ClIO3. The average Bonchev–Trinajstić information content (AvgIpc) is 2.61. The lowest BCUT2D eigenvalue weighted by molar-refractivity contribution is -0.134. The molecule has 3 nitrogen and oxygen atoms in total. The number of carbonyl (C=O) groups excluding carboxylic acids is 1. The highest BCUT2D eigenvalue weighted by atomic mass is 127. The van der Waals surface area contributed by atoms with Crippen molar-refractivity contribution >= 4 is 40.2 Å². The molecule has 0 unspecified atom stereocenters. The van der Waals surface area contributed by atoms with Gasteiger partial charge in [0.05, 0.1) is 0 Å². The number of halogens is 2. The molecule has 0 atom stereocenters. The number of hydrogen-bond donors (Lipinski definition) is 0. The molecule has 2 aromatic rings. The van der Waals surface area contributed by atoms with Crippen molar-refractivity contribution < 1.29 is 14.3 Å². The van der Waals surface area contributed by atoms with E-state index in [9.17, 15) is 4.79 Å². The molecule has 134 valence electrons. The average molecular weight is 473 g/mol. The Hall–Kier alpha value is -1.27. The highest BCUT2D eigenvalue weighted by Gasteiger charge is 2.14. The summed E-state index contributed by atoms with van der Waals surface area (Å²) in [6, 6.07) is 9.62. The lowest BCUT2D eigenvalue weighted by Crippen LogP contribution is -2.10. The molecule has 0 bridgehead atoms. The summed E-state index contributed by atoms with van der Waals surface area (Å²) in [6.45, 7) is 6.27. The fourth-order valence-corrected chi connectivity index (χ4v) is 3.37. The number of aryl methyl sites for hydroxylation is 2. The normalized spacial score (nSPS) is 10.6. The molecule has 2 rings (SSSR count). The Bertz CT molecular complexity index is 759. The zero-order chi connectivity index (χ0) is 18.4. The molecule has 0 N–H and O–H groups in total. The van der Waals surface area contributed by atoms with E-state index in [1.54, 1.807) is 13.0 Å². The Morgan fingerprint density at radius 2 is 1.80 bits per heavy atom. The molecule has 0 amide bonds. The number of benzene rings is 2. The van der Waals surface area contributed by atoms with Gasteiger partial charge in [-0.05, 0) is 64.8 Å². The second-order valence-corrected chi connectivity index (χ2v) is 7.16. The maximum Gasteiger partial charge on any atom is 0.310 e. The summed E-state index contributed by atoms with van der Waals surface area (Å²) in [6.07, 6.45) is 2.09. The molecule has 2 aromatic carbocycles. The molecule has 0 saturated heterocycles. The van der Waals surface area contributed by atoms with Gasteiger partial charge in [-0.25, -0.2) is 0 Å². The van der Waals surface area contributed by atoms with Crippen LogP contribution in [0.25, 0.3) is 0 Å². The summed E-state index contributed by atoms with van der Waals surface area (Å²) in [7, 11) is 0. The van der Waals surface area contributed by atoms with Gasteiger partial charge >= 0.3 is 5.97 Å². The number of ether oxygens (including phenoxy) is 2. The first-order valence-electron chi connectivity index (χ1n) is 8.42. The lowest BCUT2D eigenvalue weighted by Gasteiger charge is -2.16. The van der Waals surface area contributed by atoms with Crippen LogP contribution in [0.5, 0.6) is 11.5 Å². The van der Waals surface area contributed by atoms with Crippen molar-refractivity contribution in [2.45, 2.75) is 46.6 Å². The topological polar surface area (TPSA) is 35.5 Å². The van der Waals surface area contributed by atoms with Crippen molar-refractivity contribution in [3.8, 4) is 11.5 Å².